The summed E-state index contributed by atoms with van der Waals surface area (Å²) in [5, 5.41) is 3.48. The maximum Gasteiger partial charge on any atom is 0.0314 e. The number of rotatable bonds is 7. The Morgan fingerprint density at radius 3 is 2.48 bits per heavy atom. The zero-order valence-corrected chi connectivity index (χ0v) is 15.0. The fourth-order valence-electron chi connectivity index (χ4n) is 2.01. The van der Waals surface area contributed by atoms with Gasteiger partial charge >= 0.3 is 0 Å². The van der Waals surface area contributed by atoms with Crippen molar-refractivity contribution in [2.24, 2.45) is 5.92 Å². The third-order valence-electron chi connectivity index (χ3n) is 3.12. The Labute approximate surface area is 140 Å². The first kappa shape index (κ1) is 16.6. The van der Waals surface area contributed by atoms with Crippen LogP contribution in [0.2, 0.25) is 0 Å². The predicted octanol–water partition coefficient (Wildman–Crippen LogP) is 5.49. The maximum absolute atomic E-state index is 3.69. The Bertz CT molecular complexity index is 554. The van der Waals surface area contributed by atoms with E-state index in [1.165, 1.54) is 20.5 Å². The standard InChI is InChI=1S/C18H22BrNS/c1-14(2)11-20-12-16-8-9-18(17(19)10-16)21-13-15-6-4-3-5-7-15/h3-10,14,20H,11-13H2,1-2H3. The summed E-state index contributed by atoms with van der Waals surface area (Å²) >= 11 is 5.56. The molecular weight excluding hydrogens is 342 g/mol. The first-order chi connectivity index (χ1) is 10.1. The molecule has 2 rings (SSSR count). The minimum atomic E-state index is 0.689. The van der Waals surface area contributed by atoms with E-state index >= 15 is 0 Å². The van der Waals surface area contributed by atoms with E-state index in [4.69, 9.17) is 0 Å². The molecule has 3 heteroatoms. The predicted molar refractivity (Wildman–Crippen MR) is 96.7 cm³/mol. The molecule has 2 aromatic rings. The third-order valence-corrected chi connectivity index (χ3v) is 5.18. The van der Waals surface area contributed by atoms with Gasteiger partial charge in [0, 0.05) is 21.7 Å². The van der Waals surface area contributed by atoms with Crippen molar-refractivity contribution in [2.75, 3.05) is 6.54 Å². The molecule has 0 amide bonds. The molecule has 0 spiro atoms. The van der Waals surface area contributed by atoms with Gasteiger partial charge in [-0.15, -0.1) is 11.8 Å². The second-order valence-electron chi connectivity index (χ2n) is 5.56. The highest BCUT2D eigenvalue weighted by Crippen LogP contribution is 2.30. The highest BCUT2D eigenvalue weighted by atomic mass is 79.9. The summed E-state index contributed by atoms with van der Waals surface area (Å²) in [6.07, 6.45) is 0. The highest BCUT2D eigenvalue weighted by molar-refractivity contribution is 9.10. The van der Waals surface area contributed by atoms with Crippen LogP contribution in [0.5, 0.6) is 0 Å². The number of nitrogens with one attached hydrogen (secondary N) is 1. The lowest BCUT2D eigenvalue weighted by Gasteiger charge is -2.10. The molecule has 0 aliphatic rings. The Balaban J connectivity index is 1.90. The largest absolute Gasteiger partial charge is 0.312 e. The van der Waals surface area contributed by atoms with Gasteiger partial charge in [-0.2, -0.15) is 0 Å². The van der Waals surface area contributed by atoms with Gasteiger partial charge in [0.05, 0.1) is 0 Å². The molecule has 1 nitrogen and oxygen atoms in total. The van der Waals surface area contributed by atoms with Crippen molar-refractivity contribution >= 4 is 27.7 Å². The van der Waals surface area contributed by atoms with Crippen molar-refractivity contribution in [2.45, 2.75) is 31.0 Å². The summed E-state index contributed by atoms with van der Waals surface area (Å²) in [7, 11) is 0. The molecule has 0 aliphatic heterocycles. The fourth-order valence-corrected chi connectivity index (χ4v) is 3.66. The van der Waals surface area contributed by atoms with Gasteiger partial charge in [-0.05, 0) is 51.7 Å². The van der Waals surface area contributed by atoms with E-state index < -0.39 is 0 Å². The van der Waals surface area contributed by atoms with Crippen LogP contribution in [-0.2, 0) is 12.3 Å². The average molecular weight is 364 g/mol. The number of benzene rings is 2. The summed E-state index contributed by atoms with van der Waals surface area (Å²) in [6, 6.07) is 17.2. The smallest absolute Gasteiger partial charge is 0.0314 e. The van der Waals surface area contributed by atoms with Gasteiger partial charge in [-0.1, -0.05) is 50.2 Å². The van der Waals surface area contributed by atoms with Crippen LogP contribution in [0.1, 0.15) is 25.0 Å². The van der Waals surface area contributed by atoms with Crippen molar-refractivity contribution < 1.29 is 0 Å². The van der Waals surface area contributed by atoms with Gasteiger partial charge in [-0.25, -0.2) is 0 Å². The van der Waals surface area contributed by atoms with Crippen LogP contribution < -0.4 is 5.32 Å². The van der Waals surface area contributed by atoms with Crippen LogP contribution in [-0.4, -0.2) is 6.54 Å². The monoisotopic (exact) mass is 363 g/mol. The molecule has 0 heterocycles. The molecule has 0 atom stereocenters. The fraction of sp³-hybridized carbons (Fsp3) is 0.333. The molecule has 21 heavy (non-hydrogen) atoms. The molecule has 0 fully saturated rings. The van der Waals surface area contributed by atoms with E-state index in [1.807, 2.05) is 11.8 Å². The van der Waals surface area contributed by atoms with Crippen LogP contribution in [0.3, 0.4) is 0 Å². The van der Waals surface area contributed by atoms with Gasteiger partial charge in [-0.3, -0.25) is 0 Å². The molecule has 0 saturated heterocycles. The minimum Gasteiger partial charge on any atom is -0.312 e. The van der Waals surface area contributed by atoms with Crippen LogP contribution >= 0.6 is 27.7 Å². The second kappa shape index (κ2) is 8.62. The number of hydrogen-bond donors (Lipinski definition) is 1. The Kier molecular flexibility index (Phi) is 6.81. The Morgan fingerprint density at radius 1 is 1.05 bits per heavy atom. The van der Waals surface area contributed by atoms with E-state index in [1.54, 1.807) is 0 Å². The molecule has 1 N–H and O–H groups in total. The maximum atomic E-state index is 3.69. The topological polar surface area (TPSA) is 12.0 Å². The van der Waals surface area contributed by atoms with Crippen molar-refractivity contribution in [3.05, 3.63) is 64.1 Å². The van der Waals surface area contributed by atoms with E-state index in [0.717, 1.165) is 18.8 Å². The third kappa shape index (κ3) is 5.85. The molecule has 112 valence electrons. The zero-order valence-electron chi connectivity index (χ0n) is 12.6. The molecule has 0 saturated carbocycles. The SMILES string of the molecule is CC(C)CNCc1ccc(SCc2ccccc2)c(Br)c1. The highest BCUT2D eigenvalue weighted by Gasteiger charge is 2.03. The van der Waals surface area contributed by atoms with E-state index in [2.05, 4.69) is 83.6 Å². The Hall–Kier alpha value is -0.770. The van der Waals surface area contributed by atoms with Gasteiger partial charge in [0.2, 0.25) is 0 Å². The molecule has 0 bridgehead atoms. The lowest BCUT2D eigenvalue weighted by atomic mass is 10.2. The minimum absolute atomic E-state index is 0.689. The van der Waals surface area contributed by atoms with Gasteiger partial charge in [0.1, 0.15) is 0 Å². The lowest BCUT2D eigenvalue weighted by molar-refractivity contribution is 0.552. The zero-order chi connectivity index (χ0) is 15.1. The first-order valence-electron chi connectivity index (χ1n) is 7.31. The summed E-state index contributed by atoms with van der Waals surface area (Å²) in [5.41, 5.74) is 2.68. The van der Waals surface area contributed by atoms with Gasteiger partial charge < -0.3 is 5.32 Å². The summed E-state index contributed by atoms with van der Waals surface area (Å²) < 4.78 is 1.19. The molecule has 0 unspecified atom stereocenters. The Morgan fingerprint density at radius 2 is 1.81 bits per heavy atom. The first-order valence-corrected chi connectivity index (χ1v) is 9.09. The summed E-state index contributed by atoms with van der Waals surface area (Å²) in [6.45, 7) is 6.45. The molecular formula is C18H22BrNS. The van der Waals surface area contributed by atoms with Crippen molar-refractivity contribution in [3.8, 4) is 0 Å². The quantitative estimate of drug-likeness (QED) is 0.652. The van der Waals surface area contributed by atoms with Crippen LogP contribution in [0.4, 0.5) is 0 Å². The molecule has 0 aromatic heterocycles. The van der Waals surface area contributed by atoms with Crippen molar-refractivity contribution in [1.82, 2.24) is 5.32 Å². The second-order valence-corrected chi connectivity index (χ2v) is 7.44. The molecule has 0 radical (unpaired) electrons. The lowest BCUT2D eigenvalue weighted by Crippen LogP contribution is -2.18. The van der Waals surface area contributed by atoms with Crippen molar-refractivity contribution in [3.63, 3.8) is 0 Å². The molecule has 2 aromatic carbocycles. The van der Waals surface area contributed by atoms with E-state index in [0.29, 0.717) is 5.92 Å². The average Bonchev–Trinajstić information content (AvgIpc) is 2.47. The number of hydrogen-bond acceptors (Lipinski definition) is 2. The van der Waals surface area contributed by atoms with E-state index in [-0.39, 0.29) is 0 Å². The van der Waals surface area contributed by atoms with Crippen molar-refractivity contribution in [1.29, 1.82) is 0 Å². The molecule has 0 aliphatic carbocycles. The van der Waals surface area contributed by atoms with E-state index in [9.17, 15) is 0 Å². The van der Waals surface area contributed by atoms with Gasteiger partial charge in [0.25, 0.3) is 0 Å². The summed E-state index contributed by atoms with van der Waals surface area (Å²) in [4.78, 5) is 1.30. The van der Waals surface area contributed by atoms with Gasteiger partial charge in [0.15, 0.2) is 0 Å². The summed E-state index contributed by atoms with van der Waals surface area (Å²) in [5.74, 6) is 1.69. The van der Waals surface area contributed by atoms with Crippen LogP contribution in [0.25, 0.3) is 0 Å². The number of thioether (sulfide) groups is 1. The number of halogens is 1. The van der Waals surface area contributed by atoms with Crippen LogP contribution in [0.15, 0.2) is 57.9 Å². The van der Waals surface area contributed by atoms with Crippen LogP contribution in [0, 0.1) is 5.92 Å². The normalized spacial score (nSPS) is 11.0.